The molecule has 0 aromatic carbocycles. The van der Waals surface area contributed by atoms with Gasteiger partial charge in [0, 0.05) is 25.3 Å². The summed E-state index contributed by atoms with van der Waals surface area (Å²) in [6.45, 7) is 5.70. The Bertz CT molecular complexity index is 338. The molecule has 5 nitrogen and oxygen atoms in total. The zero-order valence-corrected chi connectivity index (χ0v) is 11.1. The number of aromatic nitrogens is 1. The first-order valence-corrected chi connectivity index (χ1v) is 6.45. The van der Waals surface area contributed by atoms with Crippen molar-refractivity contribution in [1.82, 2.24) is 15.6 Å². The maximum atomic E-state index is 11.5. The van der Waals surface area contributed by atoms with Crippen molar-refractivity contribution in [2.24, 2.45) is 0 Å². The van der Waals surface area contributed by atoms with Gasteiger partial charge in [-0.25, -0.2) is 9.78 Å². The van der Waals surface area contributed by atoms with Crippen molar-refractivity contribution in [2.75, 3.05) is 18.4 Å². The molecule has 0 saturated heterocycles. The number of hydrogen-bond donors (Lipinski definition) is 3. The minimum absolute atomic E-state index is 0.222. The molecule has 0 aliphatic rings. The van der Waals surface area contributed by atoms with Gasteiger partial charge in [0.05, 0.1) is 0 Å². The fraction of sp³-hybridized carbons (Fsp3) is 0.538. The van der Waals surface area contributed by atoms with Gasteiger partial charge in [0.1, 0.15) is 5.82 Å². The highest BCUT2D eigenvalue weighted by molar-refractivity contribution is 5.88. The maximum absolute atomic E-state index is 11.5. The van der Waals surface area contributed by atoms with Gasteiger partial charge in [0.2, 0.25) is 0 Å². The number of hydrogen-bond acceptors (Lipinski definition) is 3. The molecule has 1 aromatic heterocycles. The maximum Gasteiger partial charge on any atom is 0.320 e. The number of urea groups is 1. The summed E-state index contributed by atoms with van der Waals surface area (Å²) >= 11 is 0. The van der Waals surface area contributed by atoms with E-state index in [0.717, 1.165) is 19.4 Å². The van der Waals surface area contributed by atoms with E-state index in [4.69, 9.17) is 0 Å². The van der Waals surface area contributed by atoms with Crippen LogP contribution in [-0.4, -0.2) is 30.1 Å². The Morgan fingerprint density at radius 3 is 2.67 bits per heavy atom. The third kappa shape index (κ3) is 5.63. The Hall–Kier alpha value is -1.62. The number of rotatable bonds is 7. The smallest absolute Gasteiger partial charge is 0.320 e. The lowest BCUT2D eigenvalue weighted by Gasteiger charge is -2.14. The Morgan fingerprint density at radius 1 is 1.28 bits per heavy atom. The molecule has 5 heteroatoms. The van der Waals surface area contributed by atoms with Crippen molar-refractivity contribution in [3.8, 4) is 0 Å². The Balaban J connectivity index is 2.14. The summed E-state index contributed by atoms with van der Waals surface area (Å²) in [5.74, 6) is 0.558. The number of amides is 2. The average molecular weight is 250 g/mol. The van der Waals surface area contributed by atoms with Crippen molar-refractivity contribution >= 4 is 11.8 Å². The SMILES string of the molecule is CCC(CC)NCCNC(=O)Nc1ccccn1. The molecule has 1 heterocycles. The van der Waals surface area contributed by atoms with Crippen molar-refractivity contribution in [3.05, 3.63) is 24.4 Å². The molecule has 0 spiro atoms. The van der Waals surface area contributed by atoms with Crippen molar-refractivity contribution < 1.29 is 4.79 Å². The fourth-order valence-electron chi connectivity index (χ4n) is 1.63. The van der Waals surface area contributed by atoms with Crippen LogP contribution in [-0.2, 0) is 0 Å². The fourth-order valence-corrected chi connectivity index (χ4v) is 1.63. The number of carbonyl (C=O) groups excluding carboxylic acids is 1. The van der Waals surface area contributed by atoms with E-state index in [1.54, 1.807) is 12.3 Å². The number of carbonyl (C=O) groups is 1. The highest BCUT2D eigenvalue weighted by atomic mass is 16.2. The molecule has 1 rings (SSSR count). The molecule has 0 saturated carbocycles. The third-order valence-corrected chi connectivity index (χ3v) is 2.74. The number of anilines is 1. The van der Waals surface area contributed by atoms with Gasteiger partial charge < -0.3 is 10.6 Å². The number of nitrogens with zero attached hydrogens (tertiary/aromatic N) is 1. The summed E-state index contributed by atoms with van der Waals surface area (Å²) in [6.07, 6.45) is 3.86. The van der Waals surface area contributed by atoms with Crippen LogP contribution in [0.3, 0.4) is 0 Å². The summed E-state index contributed by atoms with van der Waals surface area (Å²) in [7, 11) is 0. The number of nitrogens with one attached hydrogen (secondary N) is 3. The highest BCUT2D eigenvalue weighted by Gasteiger charge is 2.03. The largest absolute Gasteiger partial charge is 0.337 e. The first-order valence-electron chi connectivity index (χ1n) is 6.45. The molecule has 0 bridgehead atoms. The summed E-state index contributed by atoms with van der Waals surface area (Å²) in [4.78, 5) is 15.5. The van der Waals surface area contributed by atoms with Crippen LogP contribution in [0.25, 0.3) is 0 Å². The molecule has 0 aliphatic heterocycles. The minimum Gasteiger partial charge on any atom is -0.337 e. The van der Waals surface area contributed by atoms with Crippen LogP contribution < -0.4 is 16.0 Å². The van der Waals surface area contributed by atoms with Crippen LogP contribution in [0, 0.1) is 0 Å². The van der Waals surface area contributed by atoms with Crippen LogP contribution in [0.4, 0.5) is 10.6 Å². The van der Waals surface area contributed by atoms with Gasteiger partial charge in [0.25, 0.3) is 0 Å². The van der Waals surface area contributed by atoms with E-state index in [1.807, 2.05) is 12.1 Å². The zero-order valence-electron chi connectivity index (χ0n) is 11.1. The van der Waals surface area contributed by atoms with E-state index in [9.17, 15) is 4.79 Å². The van der Waals surface area contributed by atoms with E-state index < -0.39 is 0 Å². The van der Waals surface area contributed by atoms with Crippen LogP contribution in [0.5, 0.6) is 0 Å². The predicted octanol–water partition coefficient (Wildman–Crippen LogP) is 1.98. The quantitative estimate of drug-likeness (QED) is 0.648. The zero-order chi connectivity index (χ0) is 13.2. The molecular formula is C13H22N4O. The van der Waals surface area contributed by atoms with Crippen LogP contribution in [0.2, 0.25) is 0 Å². The Kier molecular flexibility index (Phi) is 6.79. The molecule has 3 N–H and O–H groups in total. The van der Waals surface area contributed by atoms with Gasteiger partial charge in [-0.2, -0.15) is 0 Å². The second-order valence-corrected chi connectivity index (χ2v) is 4.06. The third-order valence-electron chi connectivity index (χ3n) is 2.74. The Labute approximate surface area is 108 Å². The van der Waals surface area contributed by atoms with E-state index in [2.05, 4.69) is 34.8 Å². The molecule has 1 aromatic rings. The first-order chi connectivity index (χ1) is 8.76. The molecule has 100 valence electrons. The van der Waals surface area contributed by atoms with Crippen molar-refractivity contribution in [1.29, 1.82) is 0 Å². The van der Waals surface area contributed by atoms with E-state index >= 15 is 0 Å². The summed E-state index contributed by atoms with van der Waals surface area (Å²) < 4.78 is 0. The summed E-state index contributed by atoms with van der Waals surface area (Å²) in [5.41, 5.74) is 0. The van der Waals surface area contributed by atoms with Crippen LogP contribution in [0.15, 0.2) is 24.4 Å². The lowest BCUT2D eigenvalue weighted by Crippen LogP contribution is -2.38. The van der Waals surface area contributed by atoms with Gasteiger partial charge in [0.15, 0.2) is 0 Å². The molecule has 0 aliphatic carbocycles. The lowest BCUT2D eigenvalue weighted by molar-refractivity contribution is 0.252. The van der Waals surface area contributed by atoms with E-state index in [1.165, 1.54) is 0 Å². The van der Waals surface area contributed by atoms with Gasteiger partial charge in [-0.05, 0) is 25.0 Å². The standard InChI is InChI=1S/C13H22N4O/c1-3-11(4-2)14-9-10-16-13(18)17-12-7-5-6-8-15-12/h5-8,11,14H,3-4,9-10H2,1-2H3,(H2,15,16,17,18). The minimum atomic E-state index is -0.222. The predicted molar refractivity (Wildman–Crippen MR) is 73.6 cm³/mol. The molecule has 0 atom stereocenters. The normalized spacial score (nSPS) is 10.4. The first kappa shape index (κ1) is 14.4. The summed E-state index contributed by atoms with van der Waals surface area (Å²) in [5, 5.41) is 8.83. The summed E-state index contributed by atoms with van der Waals surface area (Å²) in [6, 6.07) is 5.70. The van der Waals surface area contributed by atoms with Crippen LogP contribution >= 0.6 is 0 Å². The van der Waals surface area contributed by atoms with E-state index in [-0.39, 0.29) is 6.03 Å². The Morgan fingerprint density at radius 2 is 2.06 bits per heavy atom. The molecule has 0 fully saturated rings. The molecular weight excluding hydrogens is 228 g/mol. The molecule has 0 radical (unpaired) electrons. The second-order valence-electron chi connectivity index (χ2n) is 4.06. The number of pyridine rings is 1. The topological polar surface area (TPSA) is 66.0 Å². The van der Waals surface area contributed by atoms with Crippen LogP contribution in [0.1, 0.15) is 26.7 Å². The van der Waals surface area contributed by atoms with Gasteiger partial charge in [-0.1, -0.05) is 19.9 Å². The van der Waals surface area contributed by atoms with Gasteiger partial charge in [-0.3, -0.25) is 5.32 Å². The van der Waals surface area contributed by atoms with E-state index in [0.29, 0.717) is 18.4 Å². The second kappa shape index (κ2) is 8.47. The van der Waals surface area contributed by atoms with Crippen molar-refractivity contribution in [3.63, 3.8) is 0 Å². The molecule has 2 amide bonds. The highest BCUT2D eigenvalue weighted by Crippen LogP contribution is 1.98. The van der Waals surface area contributed by atoms with Gasteiger partial charge >= 0.3 is 6.03 Å². The monoisotopic (exact) mass is 250 g/mol. The molecule has 18 heavy (non-hydrogen) atoms. The average Bonchev–Trinajstić information content (AvgIpc) is 2.40. The lowest BCUT2D eigenvalue weighted by atomic mass is 10.2. The molecule has 0 unspecified atom stereocenters. The van der Waals surface area contributed by atoms with Crippen molar-refractivity contribution in [2.45, 2.75) is 32.7 Å². The van der Waals surface area contributed by atoms with Gasteiger partial charge in [-0.15, -0.1) is 0 Å².